The van der Waals surface area contributed by atoms with Crippen LogP contribution >= 0.6 is 35.3 Å². The molecular weight excluding hydrogens is 586 g/mol. The number of carbonyl (C=O) groups excluding carboxylic acids is 4. The number of hydrogen-bond donors (Lipinski definition) is 0. The van der Waals surface area contributed by atoms with E-state index >= 15 is 0 Å². The van der Waals surface area contributed by atoms with E-state index in [1.165, 1.54) is 13.8 Å². The molecule has 12 nitrogen and oxygen atoms in total. The first-order valence-corrected chi connectivity index (χ1v) is 16.6. The summed E-state index contributed by atoms with van der Waals surface area (Å²) < 4.78 is 34.9. The normalized spacial score (nSPS) is 10.7. The molecule has 0 bridgehead atoms. The van der Waals surface area contributed by atoms with Gasteiger partial charge in [-0.3, -0.25) is 14.5 Å². The van der Waals surface area contributed by atoms with Crippen molar-refractivity contribution in [2.75, 3.05) is 94.7 Å². The number of ether oxygens (including phenoxy) is 7. The minimum atomic E-state index is -0.700. The Morgan fingerprint density at radius 3 is 1.35 bits per heavy atom. The maximum absolute atomic E-state index is 11.4. The van der Waals surface area contributed by atoms with Crippen LogP contribution in [0, 0.1) is 0 Å². The summed E-state index contributed by atoms with van der Waals surface area (Å²) in [5, 5.41) is 0. The van der Waals surface area contributed by atoms with Gasteiger partial charge in [0.2, 0.25) is 0 Å². The van der Waals surface area contributed by atoms with Crippen LogP contribution in [0.1, 0.15) is 39.5 Å². The first kappa shape index (κ1) is 38.5. The standard InChI is InChI=1S/C25H45NO11S3/c1-22(27)32-8-4-10-34-24(29)36-12-6-16-38-18-14-31-15-19-40-21-26(3)20-39-17-7-13-37-25(30)35-11-5-9-33-23(2)28/h4-21H2,1-3H3. The third kappa shape index (κ3) is 31.0. The lowest BCUT2D eigenvalue weighted by Crippen LogP contribution is -2.18. The van der Waals surface area contributed by atoms with Crippen LogP contribution in [-0.2, 0) is 42.7 Å². The second-order valence-corrected chi connectivity index (χ2v) is 11.5. The molecule has 0 rings (SSSR count). The SMILES string of the molecule is CC(=O)OCCCOC(=O)OCCCSCCOCCSCN(C)CSCCCOC(=O)OCCCOC(C)=O. The van der Waals surface area contributed by atoms with Crippen molar-refractivity contribution in [1.29, 1.82) is 0 Å². The average molecular weight is 632 g/mol. The van der Waals surface area contributed by atoms with Crippen LogP contribution in [0.15, 0.2) is 0 Å². The van der Waals surface area contributed by atoms with Crippen molar-refractivity contribution >= 4 is 59.5 Å². The zero-order chi connectivity index (χ0) is 29.7. The molecule has 0 N–H and O–H groups in total. The molecule has 0 amide bonds. The third-order valence-electron chi connectivity index (χ3n) is 4.30. The lowest BCUT2D eigenvalue weighted by atomic mass is 10.5. The van der Waals surface area contributed by atoms with E-state index in [0.29, 0.717) is 39.3 Å². The van der Waals surface area contributed by atoms with Gasteiger partial charge in [-0.2, -0.15) is 11.8 Å². The molecule has 234 valence electrons. The van der Waals surface area contributed by atoms with Crippen molar-refractivity contribution in [3.63, 3.8) is 0 Å². The fourth-order valence-corrected chi connectivity index (χ4v) is 4.99. The van der Waals surface area contributed by atoms with Crippen molar-refractivity contribution in [3.8, 4) is 0 Å². The van der Waals surface area contributed by atoms with Gasteiger partial charge in [-0.25, -0.2) is 9.59 Å². The fraction of sp³-hybridized carbons (Fsp3) is 0.840. The van der Waals surface area contributed by atoms with Crippen molar-refractivity contribution in [3.05, 3.63) is 0 Å². The zero-order valence-corrected chi connectivity index (χ0v) is 26.3. The highest BCUT2D eigenvalue weighted by Crippen LogP contribution is 2.09. The summed E-state index contributed by atoms with van der Waals surface area (Å²) in [4.78, 5) is 46.3. The van der Waals surface area contributed by atoms with E-state index in [1.54, 1.807) is 23.5 Å². The topological polar surface area (TPSA) is 136 Å². The molecule has 0 saturated heterocycles. The van der Waals surface area contributed by atoms with Gasteiger partial charge in [0.05, 0.1) is 52.9 Å². The predicted octanol–water partition coefficient (Wildman–Crippen LogP) is 4.04. The Kier molecular flexibility index (Phi) is 27.8. The minimum absolute atomic E-state index is 0.159. The number of nitrogens with zero attached hydrogens (tertiary/aromatic N) is 1. The Hall–Kier alpha value is -1.55. The van der Waals surface area contributed by atoms with Crippen LogP contribution in [0.2, 0.25) is 0 Å². The summed E-state index contributed by atoms with van der Waals surface area (Å²) in [6, 6.07) is 0. The highest BCUT2D eigenvalue weighted by atomic mass is 32.2. The first-order chi connectivity index (χ1) is 19.3. The van der Waals surface area contributed by atoms with Gasteiger partial charge in [-0.05, 0) is 31.4 Å². The molecule has 0 aromatic carbocycles. The molecule has 0 saturated carbocycles. The summed E-state index contributed by atoms with van der Waals surface area (Å²) in [6.45, 7) is 5.44. The van der Waals surface area contributed by atoms with E-state index < -0.39 is 12.3 Å². The number of esters is 2. The molecule has 0 aromatic rings. The summed E-state index contributed by atoms with van der Waals surface area (Å²) in [5.74, 6) is 4.66. The van der Waals surface area contributed by atoms with Crippen LogP contribution in [0.4, 0.5) is 9.59 Å². The Morgan fingerprint density at radius 1 is 0.500 bits per heavy atom. The molecule has 0 unspecified atom stereocenters. The molecule has 0 aromatic heterocycles. The molecule has 0 heterocycles. The Balaban J connectivity index is 3.32. The predicted molar refractivity (Wildman–Crippen MR) is 157 cm³/mol. The van der Waals surface area contributed by atoms with Gasteiger partial charge in [-0.1, -0.05) is 0 Å². The van der Waals surface area contributed by atoms with E-state index in [1.807, 2.05) is 11.8 Å². The molecule has 0 aliphatic heterocycles. The van der Waals surface area contributed by atoms with Crippen molar-refractivity contribution in [2.45, 2.75) is 39.5 Å². The molecular formula is C25H45NO11S3. The molecule has 0 aliphatic carbocycles. The van der Waals surface area contributed by atoms with Crippen LogP contribution in [-0.4, -0.2) is 124 Å². The summed E-state index contributed by atoms with van der Waals surface area (Å²) in [5.41, 5.74) is 0. The van der Waals surface area contributed by atoms with Gasteiger partial charge >= 0.3 is 24.2 Å². The average Bonchev–Trinajstić information content (AvgIpc) is 2.90. The summed E-state index contributed by atoms with van der Waals surface area (Å²) in [6.07, 6.45) is 0.991. The number of thioether (sulfide) groups is 3. The second kappa shape index (κ2) is 29.0. The molecule has 0 atom stereocenters. The first-order valence-electron chi connectivity index (χ1n) is 13.2. The quantitative estimate of drug-likeness (QED) is 0.0587. The van der Waals surface area contributed by atoms with Crippen LogP contribution in [0.25, 0.3) is 0 Å². The maximum Gasteiger partial charge on any atom is 0.508 e. The number of rotatable bonds is 26. The summed E-state index contributed by atoms with van der Waals surface area (Å²) >= 11 is 5.35. The lowest BCUT2D eigenvalue weighted by molar-refractivity contribution is -0.142. The molecule has 0 spiro atoms. The third-order valence-corrected chi connectivity index (χ3v) is 7.61. The van der Waals surface area contributed by atoms with Crippen molar-refractivity contribution < 1.29 is 52.3 Å². The van der Waals surface area contributed by atoms with Gasteiger partial charge in [0.1, 0.15) is 0 Å². The maximum atomic E-state index is 11.4. The van der Waals surface area contributed by atoms with Gasteiger partial charge < -0.3 is 33.2 Å². The summed E-state index contributed by atoms with van der Waals surface area (Å²) in [7, 11) is 2.07. The Morgan fingerprint density at radius 2 is 0.875 bits per heavy atom. The van der Waals surface area contributed by atoms with Crippen LogP contribution in [0.5, 0.6) is 0 Å². The van der Waals surface area contributed by atoms with Gasteiger partial charge in [-0.15, -0.1) is 23.5 Å². The van der Waals surface area contributed by atoms with Crippen molar-refractivity contribution in [2.24, 2.45) is 0 Å². The van der Waals surface area contributed by atoms with Gasteiger partial charge in [0.15, 0.2) is 0 Å². The largest absolute Gasteiger partial charge is 0.508 e. The Labute approximate surface area is 250 Å². The molecule has 15 heteroatoms. The van der Waals surface area contributed by atoms with E-state index in [-0.39, 0.29) is 38.4 Å². The second-order valence-electron chi connectivity index (χ2n) is 8.14. The highest BCUT2D eigenvalue weighted by Gasteiger charge is 2.05. The number of carbonyl (C=O) groups is 4. The number of hydrogen-bond acceptors (Lipinski definition) is 15. The molecule has 0 fully saturated rings. The Bertz CT molecular complexity index is 674. The lowest BCUT2D eigenvalue weighted by Gasteiger charge is -2.15. The van der Waals surface area contributed by atoms with E-state index in [4.69, 9.17) is 33.2 Å². The van der Waals surface area contributed by atoms with E-state index in [0.717, 1.165) is 47.6 Å². The zero-order valence-electron chi connectivity index (χ0n) is 23.9. The van der Waals surface area contributed by atoms with Crippen LogP contribution < -0.4 is 0 Å². The van der Waals surface area contributed by atoms with E-state index in [9.17, 15) is 19.2 Å². The molecule has 0 radical (unpaired) electrons. The molecule has 40 heavy (non-hydrogen) atoms. The van der Waals surface area contributed by atoms with Gasteiger partial charge in [0, 0.05) is 49.9 Å². The monoisotopic (exact) mass is 631 g/mol. The van der Waals surface area contributed by atoms with Gasteiger partial charge in [0.25, 0.3) is 0 Å². The van der Waals surface area contributed by atoms with E-state index in [2.05, 4.69) is 11.9 Å². The molecule has 0 aliphatic rings. The van der Waals surface area contributed by atoms with Crippen molar-refractivity contribution in [1.82, 2.24) is 4.90 Å². The fourth-order valence-electron chi connectivity index (χ4n) is 2.49. The smallest absolute Gasteiger partial charge is 0.466 e. The minimum Gasteiger partial charge on any atom is -0.466 e. The highest BCUT2D eigenvalue weighted by molar-refractivity contribution is 8.00. The van der Waals surface area contributed by atoms with Crippen LogP contribution in [0.3, 0.4) is 0 Å².